The minimum Gasteiger partial charge on any atom is -0.356 e. The molecule has 3 aromatic rings. The molecule has 3 N–H and O–H groups in total. The van der Waals surface area contributed by atoms with Gasteiger partial charge in [-0.3, -0.25) is 20.2 Å². The largest absolute Gasteiger partial charge is 0.356 e. The number of anilines is 2. The third kappa shape index (κ3) is 5.87. The fourth-order valence-corrected chi connectivity index (χ4v) is 2.86. The molecular formula is C22H21N5O4. The average Bonchev–Trinajstić information content (AvgIpc) is 2.76. The van der Waals surface area contributed by atoms with Gasteiger partial charge in [0.1, 0.15) is 5.69 Å². The van der Waals surface area contributed by atoms with Crippen molar-refractivity contribution in [3.05, 3.63) is 110 Å². The number of nitro groups is 2. The monoisotopic (exact) mass is 419 g/mol. The van der Waals surface area contributed by atoms with Crippen LogP contribution in [-0.4, -0.2) is 9.85 Å². The first-order chi connectivity index (χ1) is 14.9. The lowest BCUT2D eigenvalue weighted by molar-refractivity contribution is -0.393. The second-order valence-electron chi connectivity index (χ2n) is 6.74. The van der Waals surface area contributed by atoms with Crippen molar-refractivity contribution in [1.82, 2.24) is 5.43 Å². The van der Waals surface area contributed by atoms with Gasteiger partial charge in [-0.15, -0.1) is 0 Å². The second kappa shape index (κ2) is 9.99. The molecule has 0 aliphatic rings. The van der Waals surface area contributed by atoms with Gasteiger partial charge in [-0.05, 0) is 42.3 Å². The summed E-state index contributed by atoms with van der Waals surface area (Å²) in [6, 6.07) is 19.2. The van der Waals surface area contributed by atoms with Gasteiger partial charge in [-0.1, -0.05) is 42.0 Å². The Bertz CT molecular complexity index is 1110. The van der Waals surface area contributed by atoms with E-state index >= 15 is 0 Å². The predicted octanol–water partition coefficient (Wildman–Crippen LogP) is 5.01. The number of nitro benzene ring substituents is 2. The summed E-state index contributed by atoms with van der Waals surface area (Å²) in [5.74, 6) is 0. The Labute approximate surface area is 178 Å². The van der Waals surface area contributed by atoms with E-state index in [0.717, 1.165) is 22.9 Å². The number of benzene rings is 3. The van der Waals surface area contributed by atoms with E-state index < -0.39 is 9.85 Å². The zero-order valence-corrected chi connectivity index (χ0v) is 16.7. The SMILES string of the molecule is Cc1ccc(NNCc2ccccc2/C=C/Nc2ccc([N+](=O)[O-])cc2[N+](=O)[O-])cc1. The zero-order valence-electron chi connectivity index (χ0n) is 16.7. The molecule has 0 aliphatic heterocycles. The molecule has 0 aromatic heterocycles. The molecule has 0 radical (unpaired) electrons. The number of hydrazine groups is 1. The van der Waals surface area contributed by atoms with Crippen molar-refractivity contribution < 1.29 is 9.85 Å². The summed E-state index contributed by atoms with van der Waals surface area (Å²) in [6.07, 6.45) is 3.36. The van der Waals surface area contributed by atoms with Gasteiger partial charge in [0.05, 0.1) is 15.9 Å². The standard InChI is InChI=1S/C22H21N5O4/c1-16-6-8-19(9-7-16)25-24-15-18-5-3-2-4-17(18)12-13-23-21-11-10-20(26(28)29)14-22(21)27(30)31/h2-14,23-25H,15H2,1H3/b13-12+. The number of hydrogen-bond donors (Lipinski definition) is 3. The molecule has 3 aromatic carbocycles. The maximum absolute atomic E-state index is 11.2. The van der Waals surface area contributed by atoms with E-state index in [1.807, 2.05) is 55.5 Å². The van der Waals surface area contributed by atoms with E-state index in [0.29, 0.717) is 6.54 Å². The number of rotatable bonds is 9. The summed E-state index contributed by atoms with van der Waals surface area (Å²) in [4.78, 5) is 20.8. The van der Waals surface area contributed by atoms with Crippen molar-refractivity contribution in [3.8, 4) is 0 Å². The Morgan fingerprint density at radius 3 is 2.39 bits per heavy atom. The number of hydrogen-bond acceptors (Lipinski definition) is 7. The lowest BCUT2D eigenvalue weighted by atomic mass is 10.1. The summed E-state index contributed by atoms with van der Waals surface area (Å²) in [5, 5.41) is 24.9. The van der Waals surface area contributed by atoms with Gasteiger partial charge in [0.2, 0.25) is 0 Å². The molecular weight excluding hydrogens is 398 g/mol. The summed E-state index contributed by atoms with van der Waals surface area (Å²) in [6.45, 7) is 2.57. The van der Waals surface area contributed by atoms with Gasteiger partial charge in [0.15, 0.2) is 0 Å². The van der Waals surface area contributed by atoms with Gasteiger partial charge in [-0.2, -0.15) is 0 Å². The van der Waals surface area contributed by atoms with Gasteiger partial charge in [0.25, 0.3) is 11.4 Å². The highest BCUT2D eigenvalue weighted by Gasteiger charge is 2.18. The van der Waals surface area contributed by atoms with Crippen molar-refractivity contribution in [2.24, 2.45) is 0 Å². The molecule has 9 nitrogen and oxygen atoms in total. The molecule has 0 saturated carbocycles. The minimum absolute atomic E-state index is 0.170. The van der Waals surface area contributed by atoms with E-state index in [-0.39, 0.29) is 17.1 Å². The Kier molecular flexibility index (Phi) is 6.92. The summed E-state index contributed by atoms with van der Waals surface area (Å²) in [5.41, 5.74) is 9.84. The molecule has 9 heteroatoms. The highest BCUT2D eigenvalue weighted by Crippen LogP contribution is 2.29. The lowest BCUT2D eigenvalue weighted by Crippen LogP contribution is -2.21. The fourth-order valence-electron chi connectivity index (χ4n) is 2.86. The van der Waals surface area contributed by atoms with Crippen LogP contribution in [0.3, 0.4) is 0 Å². The molecule has 0 unspecified atom stereocenters. The first-order valence-corrected chi connectivity index (χ1v) is 9.43. The number of nitrogens with one attached hydrogen (secondary N) is 3. The zero-order chi connectivity index (χ0) is 22.2. The normalized spacial score (nSPS) is 10.7. The van der Waals surface area contributed by atoms with Gasteiger partial charge in [0, 0.05) is 24.5 Å². The van der Waals surface area contributed by atoms with Crippen LogP contribution < -0.4 is 16.2 Å². The van der Waals surface area contributed by atoms with E-state index in [2.05, 4.69) is 16.2 Å². The average molecular weight is 419 g/mol. The lowest BCUT2D eigenvalue weighted by Gasteiger charge is -2.11. The van der Waals surface area contributed by atoms with Crippen LogP contribution in [0.5, 0.6) is 0 Å². The first-order valence-electron chi connectivity index (χ1n) is 9.43. The summed E-state index contributed by atoms with van der Waals surface area (Å²) < 4.78 is 0. The Hall–Kier alpha value is -4.24. The van der Waals surface area contributed by atoms with Gasteiger partial charge < -0.3 is 10.7 Å². The molecule has 3 rings (SSSR count). The van der Waals surface area contributed by atoms with Crippen LogP contribution >= 0.6 is 0 Å². The Morgan fingerprint density at radius 2 is 1.68 bits per heavy atom. The van der Waals surface area contributed by atoms with E-state index in [9.17, 15) is 20.2 Å². The van der Waals surface area contributed by atoms with E-state index in [4.69, 9.17) is 0 Å². The molecule has 0 spiro atoms. The van der Waals surface area contributed by atoms with E-state index in [1.54, 1.807) is 12.3 Å². The molecule has 0 saturated heterocycles. The van der Waals surface area contributed by atoms with Crippen LogP contribution in [0.15, 0.2) is 72.9 Å². The van der Waals surface area contributed by atoms with Crippen LogP contribution in [-0.2, 0) is 6.54 Å². The van der Waals surface area contributed by atoms with Crippen LogP contribution in [0.25, 0.3) is 6.08 Å². The number of aryl methyl sites for hydroxylation is 1. The Morgan fingerprint density at radius 1 is 0.935 bits per heavy atom. The van der Waals surface area contributed by atoms with Crippen molar-refractivity contribution in [3.63, 3.8) is 0 Å². The van der Waals surface area contributed by atoms with Crippen LogP contribution in [0.4, 0.5) is 22.7 Å². The number of non-ortho nitro benzene ring substituents is 1. The predicted molar refractivity (Wildman–Crippen MR) is 120 cm³/mol. The van der Waals surface area contributed by atoms with Crippen molar-refractivity contribution >= 4 is 28.8 Å². The van der Waals surface area contributed by atoms with Crippen LogP contribution in [0.2, 0.25) is 0 Å². The molecule has 0 heterocycles. The molecule has 0 bridgehead atoms. The fraction of sp³-hybridized carbons (Fsp3) is 0.0909. The minimum atomic E-state index is -0.666. The highest BCUT2D eigenvalue weighted by atomic mass is 16.6. The molecule has 0 aliphatic carbocycles. The topological polar surface area (TPSA) is 122 Å². The van der Waals surface area contributed by atoms with Gasteiger partial charge >= 0.3 is 0 Å². The van der Waals surface area contributed by atoms with Crippen molar-refractivity contribution in [2.75, 3.05) is 10.7 Å². The molecule has 31 heavy (non-hydrogen) atoms. The third-order valence-electron chi connectivity index (χ3n) is 4.51. The second-order valence-corrected chi connectivity index (χ2v) is 6.74. The molecule has 0 atom stereocenters. The van der Waals surface area contributed by atoms with Crippen molar-refractivity contribution in [1.29, 1.82) is 0 Å². The summed E-state index contributed by atoms with van der Waals surface area (Å²) in [7, 11) is 0. The molecule has 0 fully saturated rings. The maximum Gasteiger partial charge on any atom is 0.299 e. The molecule has 158 valence electrons. The third-order valence-corrected chi connectivity index (χ3v) is 4.51. The highest BCUT2D eigenvalue weighted by molar-refractivity contribution is 5.68. The molecule has 0 amide bonds. The van der Waals surface area contributed by atoms with Crippen molar-refractivity contribution in [2.45, 2.75) is 13.5 Å². The number of nitrogens with zero attached hydrogens (tertiary/aromatic N) is 2. The Balaban J connectivity index is 1.67. The van der Waals surface area contributed by atoms with Gasteiger partial charge in [-0.25, -0.2) is 5.43 Å². The van der Waals surface area contributed by atoms with Crippen LogP contribution in [0.1, 0.15) is 16.7 Å². The maximum atomic E-state index is 11.2. The smallest absolute Gasteiger partial charge is 0.299 e. The summed E-state index contributed by atoms with van der Waals surface area (Å²) >= 11 is 0. The van der Waals surface area contributed by atoms with Crippen LogP contribution in [0, 0.1) is 27.2 Å². The quantitative estimate of drug-likeness (QED) is 0.329. The first kappa shape index (κ1) is 21.5. The van der Waals surface area contributed by atoms with E-state index in [1.165, 1.54) is 17.7 Å².